The Morgan fingerprint density at radius 1 is 1.35 bits per heavy atom. The molecule has 0 atom stereocenters. The molecule has 1 heterocycles. The van der Waals surface area contributed by atoms with Crippen molar-refractivity contribution in [3.8, 4) is 0 Å². The molecule has 2 rings (SSSR count). The van der Waals surface area contributed by atoms with Crippen molar-refractivity contribution in [1.82, 2.24) is 0 Å². The van der Waals surface area contributed by atoms with Crippen molar-refractivity contribution in [2.24, 2.45) is 11.7 Å². The van der Waals surface area contributed by atoms with Crippen molar-refractivity contribution in [3.05, 3.63) is 29.3 Å². The van der Waals surface area contributed by atoms with Gasteiger partial charge in [0.15, 0.2) is 0 Å². The molecule has 1 aromatic rings. The zero-order valence-electron chi connectivity index (χ0n) is 9.59. The van der Waals surface area contributed by atoms with Gasteiger partial charge in [-0.15, -0.1) is 0 Å². The van der Waals surface area contributed by atoms with Crippen LogP contribution in [0.2, 0.25) is 0 Å². The van der Waals surface area contributed by atoms with Gasteiger partial charge < -0.3 is 10.6 Å². The minimum Gasteiger partial charge on any atom is -0.371 e. The van der Waals surface area contributed by atoms with E-state index in [1.54, 1.807) is 0 Å². The molecule has 0 bridgehead atoms. The zero-order chi connectivity index (χ0) is 12.6. The van der Waals surface area contributed by atoms with Crippen molar-refractivity contribution >= 4 is 5.69 Å². The van der Waals surface area contributed by atoms with Crippen LogP contribution in [0.5, 0.6) is 0 Å². The highest BCUT2D eigenvalue weighted by Crippen LogP contribution is 2.34. The zero-order valence-corrected chi connectivity index (χ0v) is 9.59. The Kier molecular flexibility index (Phi) is 3.03. The molecule has 0 spiro atoms. The van der Waals surface area contributed by atoms with E-state index in [0.29, 0.717) is 11.5 Å². The first-order valence-electron chi connectivity index (χ1n) is 5.57. The van der Waals surface area contributed by atoms with Crippen LogP contribution in [-0.2, 0) is 12.7 Å². The number of nitrogens with two attached hydrogens (primary N) is 1. The van der Waals surface area contributed by atoms with Crippen LogP contribution in [0.4, 0.5) is 18.9 Å². The number of benzene rings is 1. The van der Waals surface area contributed by atoms with Gasteiger partial charge in [-0.1, -0.05) is 6.92 Å². The van der Waals surface area contributed by atoms with Gasteiger partial charge in [-0.05, 0) is 29.7 Å². The van der Waals surface area contributed by atoms with E-state index in [1.165, 1.54) is 6.07 Å². The van der Waals surface area contributed by atoms with Crippen molar-refractivity contribution in [2.75, 3.05) is 18.0 Å². The number of nitrogens with zero attached hydrogens (tertiary/aromatic N) is 1. The predicted molar refractivity (Wildman–Crippen MR) is 60.7 cm³/mol. The molecule has 2 nitrogen and oxygen atoms in total. The van der Waals surface area contributed by atoms with Crippen LogP contribution in [0.25, 0.3) is 0 Å². The maximum absolute atomic E-state index is 12.5. The third-order valence-corrected chi connectivity index (χ3v) is 3.03. The summed E-state index contributed by atoms with van der Waals surface area (Å²) in [6.45, 7) is 4.02. The van der Waals surface area contributed by atoms with E-state index in [2.05, 4.69) is 11.8 Å². The van der Waals surface area contributed by atoms with Gasteiger partial charge in [0.05, 0.1) is 5.56 Å². The van der Waals surface area contributed by atoms with Crippen LogP contribution in [0, 0.1) is 5.92 Å². The third kappa shape index (κ3) is 2.39. The van der Waals surface area contributed by atoms with Gasteiger partial charge in [0, 0.05) is 25.3 Å². The second-order valence-corrected chi connectivity index (χ2v) is 4.56. The lowest BCUT2D eigenvalue weighted by molar-refractivity contribution is -0.137. The first-order chi connectivity index (χ1) is 7.91. The molecule has 1 saturated heterocycles. The number of halogens is 3. The molecule has 1 aromatic carbocycles. The standard InChI is InChI=1S/C12H15F3N2/c1-8-6-17(7-8)11-3-2-10(12(13,14)15)4-9(11)5-16/h2-4,8H,5-7,16H2,1H3. The molecule has 0 radical (unpaired) electrons. The Labute approximate surface area is 98.2 Å². The molecule has 1 aliphatic rings. The number of rotatable bonds is 2. The summed E-state index contributed by atoms with van der Waals surface area (Å²) >= 11 is 0. The summed E-state index contributed by atoms with van der Waals surface area (Å²) in [6, 6.07) is 3.80. The van der Waals surface area contributed by atoms with Crippen LogP contribution < -0.4 is 10.6 Å². The summed E-state index contributed by atoms with van der Waals surface area (Å²) in [4.78, 5) is 2.06. The molecule has 0 amide bonds. The van der Waals surface area contributed by atoms with Gasteiger partial charge in [-0.25, -0.2) is 0 Å². The summed E-state index contributed by atoms with van der Waals surface area (Å²) in [5.41, 5.74) is 6.28. The average Bonchev–Trinajstić information content (AvgIpc) is 2.23. The van der Waals surface area contributed by atoms with Gasteiger partial charge in [0.25, 0.3) is 0 Å². The smallest absolute Gasteiger partial charge is 0.371 e. The van der Waals surface area contributed by atoms with Crippen LogP contribution in [-0.4, -0.2) is 13.1 Å². The van der Waals surface area contributed by atoms with Crippen LogP contribution in [0.3, 0.4) is 0 Å². The quantitative estimate of drug-likeness (QED) is 0.866. The lowest BCUT2D eigenvalue weighted by Crippen LogP contribution is -2.45. The van der Waals surface area contributed by atoms with E-state index < -0.39 is 11.7 Å². The molecule has 94 valence electrons. The minimum atomic E-state index is -4.30. The second kappa shape index (κ2) is 4.22. The fourth-order valence-corrected chi connectivity index (χ4v) is 2.13. The average molecular weight is 244 g/mol. The molecule has 17 heavy (non-hydrogen) atoms. The summed E-state index contributed by atoms with van der Waals surface area (Å²) in [6.07, 6.45) is -4.30. The first-order valence-corrected chi connectivity index (χ1v) is 5.57. The number of hydrogen-bond donors (Lipinski definition) is 1. The van der Waals surface area contributed by atoms with Crippen molar-refractivity contribution in [1.29, 1.82) is 0 Å². The Bertz CT molecular complexity index is 409. The number of hydrogen-bond acceptors (Lipinski definition) is 2. The van der Waals surface area contributed by atoms with Gasteiger partial charge >= 0.3 is 6.18 Å². The summed E-state index contributed by atoms with van der Waals surface area (Å²) < 4.78 is 37.6. The normalized spacial score (nSPS) is 17.1. The summed E-state index contributed by atoms with van der Waals surface area (Å²) in [5.74, 6) is 0.600. The Balaban J connectivity index is 2.29. The highest BCUT2D eigenvalue weighted by Gasteiger charge is 2.32. The lowest BCUT2D eigenvalue weighted by Gasteiger charge is -2.40. The van der Waals surface area contributed by atoms with E-state index in [9.17, 15) is 13.2 Å². The Morgan fingerprint density at radius 2 is 2.00 bits per heavy atom. The third-order valence-electron chi connectivity index (χ3n) is 3.03. The van der Waals surface area contributed by atoms with E-state index in [0.717, 1.165) is 30.9 Å². The van der Waals surface area contributed by atoms with Gasteiger partial charge in [-0.3, -0.25) is 0 Å². The van der Waals surface area contributed by atoms with E-state index >= 15 is 0 Å². The van der Waals surface area contributed by atoms with Crippen LogP contribution in [0.15, 0.2) is 18.2 Å². The predicted octanol–water partition coefficient (Wildman–Crippen LogP) is 2.62. The van der Waals surface area contributed by atoms with E-state index in [-0.39, 0.29) is 6.54 Å². The van der Waals surface area contributed by atoms with Crippen LogP contribution in [0.1, 0.15) is 18.1 Å². The fraction of sp³-hybridized carbons (Fsp3) is 0.500. The molecule has 0 saturated carbocycles. The first kappa shape index (κ1) is 12.2. The van der Waals surface area contributed by atoms with Gasteiger partial charge in [0.2, 0.25) is 0 Å². The summed E-state index contributed by atoms with van der Waals surface area (Å²) in [5, 5.41) is 0. The van der Waals surface area contributed by atoms with Crippen molar-refractivity contribution in [3.63, 3.8) is 0 Å². The number of alkyl halides is 3. The molecule has 0 aromatic heterocycles. The molecule has 0 unspecified atom stereocenters. The Hall–Kier alpha value is -1.23. The van der Waals surface area contributed by atoms with E-state index in [4.69, 9.17) is 5.73 Å². The maximum Gasteiger partial charge on any atom is 0.416 e. The van der Waals surface area contributed by atoms with Crippen LogP contribution >= 0.6 is 0 Å². The highest BCUT2D eigenvalue weighted by atomic mass is 19.4. The number of anilines is 1. The summed E-state index contributed by atoms with van der Waals surface area (Å²) in [7, 11) is 0. The monoisotopic (exact) mass is 244 g/mol. The van der Waals surface area contributed by atoms with E-state index in [1.807, 2.05) is 0 Å². The molecular weight excluding hydrogens is 229 g/mol. The molecule has 1 fully saturated rings. The minimum absolute atomic E-state index is 0.129. The molecule has 2 N–H and O–H groups in total. The lowest BCUT2D eigenvalue weighted by atomic mass is 9.99. The SMILES string of the molecule is CC1CN(c2ccc(C(F)(F)F)cc2CN)C1. The molecule has 5 heteroatoms. The fourth-order valence-electron chi connectivity index (χ4n) is 2.13. The molecule has 1 aliphatic heterocycles. The highest BCUT2D eigenvalue weighted by molar-refractivity contribution is 5.57. The second-order valence-electron chi connectivity index (χ2n) is 4.56. The maximum atomic E-state index is 12.5. The molecular formula is C12H15F3N2. The topological polar surface area (TPSA) is 29.3 Å². The van der Waals surface area contributed by atoms with Crippen molar-refractivity contribution in [2.45, 2.75) is 19.6 Å². The Morgan fingerprint density at radius 3 is 2.47 bits per heavy atom. The molecule has 0 aliphatic carbocycles. The van der Waals surface area contributed by atoms with Crippen molar-refractivity contribution < 1.29 is 13.2 Å². The van der Waals surface area contributed by atoms with Gasteiger partial charge in [-0.2, -0.15) is 13.2 Å². The van der Waals surface area contributed by atoms with Gasteiger partial charge in [0.1, 0.15) is 0 Å². The largest absolute Gasteiger partial charge is 0.416 e.